The zero-order valence-corrected chi connectivity index (χ0v) is 15.3. The Morgan fingerprint density at radius 1 is 1.08 bits per heavy atom. The largest absolute Gasteiger partial charge is 0.342 e. The molecule has 0 bridgehead atoms. The summed E-state index contributed by atoms with van der Waals surface area (Å²) in [6, 6.07) is 10.1. The number of rotatable bonds is 5. The number of carbonyl (C=O) groups excluding carboxylic acids is 2. The highest BCUT2D eigenvalue weighted by Crippen LogP contribution is 2.11. The van der Waals surface area contributed by atoms with Crippen LogP contribution in [0.5, 0.6) is 0 Å². The monoisotopic (exact) mass is 375 g/mol. The number of hydrogen-bond acceptors (Lipinski definition) is 4. The van der Waals surface area contributed by atoms with Gasteiger partial charge < -0.3 is 10.2 Å². The molecule has 2 aromatic rings. The lowest BCUT2D eigenvalue weighted by atomic mass is 10.2. The molecule has 1 fully saturated rings. The maximum Gasteiger partial charge on any atom is 0.261 e. The average Bonchev–Trinajstić information content (AvgIpc) is 3.09. The van der Waals surface area contributed by atoms with E-state index in [1.165, 1.54) is 23.5 Å². The highest BCUT2D eigenvalue weighted by Gasteiger charge is 2.20. The van der Waals surface area contributed by atoms with Crippen molar-refractivity contribution < 1.29 is 14.0 Å². The van der Waals surface area contributed by atoms with E-state index in [0.29, 0.717) is 18.0 Å². The van der Waals surface area contributed by atoms with Crippen molar-refractivity contribution in [2.24, 2.45) is 0 Å². The second-order valence-corrected chi connectivity index (χ2v) is 7.24. The van der Waals surface area contributed by atoms with E-state index in [1.807, 2.05) is 11.4 Å². The van der Waals surface area contributed by atoms with Crippen molar-refractivity contribution in [1.82, 2.24) is 15.1 Å². The van der Waals surface area contributed by atoms with E-state index < -0.39 is 0 Å². The van der Waals surface area contributed by atoms with Gasteiger partial charge in [-0.1, -0.05) is 18.2 Å². The zero-order chi connectivity index (χ0) is 18.4. The molecular weight excluding hydrogens is 353 g/mol. The van der Waals surface area contributed by atoms with Gasteiger partial charge in [-0.3, -0.25) is 14.5 Å². The van der Waals surface area contributed by atoms with E-state index in [4.69, 9.17) is 0 Å². The molecule has 7 heteroatoms. The first-order chi connectivity index (χ1) is 12.6. The molecule has 1 aromatic carbocycles. The SMILES string of the molecule is O=C(NCC(=O)N1CCCN(Cc2ccc(F)cc2)CC1)c1cccs1. The van der Waals surface area contributed by atoms with Crippen LogP contribution in [0.1, 0.15) is 21.7 Å². The van der Waals surface area contributed by atoms with Crippen molar-refractivity contribution in [3.8, 4) is 0 Å². The van der Waals surface area contributed by atoms with Crippen molar-refractivity contribution in [1.29, 1.82) is 0 Å². The standard InChI is InChI=1S/C19H22FN3O2S/c20-16-6-4-15(5-7-16)14-22-8-2-9-23(11-10-22)18(24)13-21-19(25)17-3-1-12-26-17/h1,3-7,12H,2,8-11,13-14H2,(H,21,25). The molecule has 0 radical (unpaired) electrons. The first-order valence-corrected chi connectivity index (χ1v) is 9.56. The van der Waals surface area contributed by atoms with Crippen LogP contribution in [0.3, 0.4) is 0 Å². The molecule has 2 amide bonds. The molecule has 1 saturated heterocycles. The number of amides is 2. The maximum absolute atomic E-state index is 13.0. The average molecular weight is 375 g/mol. The number of hydrogen-bond donors (Lipinski definition) is 1. The van der Waals surface area contributed by atoms with E-state index in [9.17, 15) is 14.0 Å². The molecule has 1 aliphatic rings. The molecule has 1 aliphatic heterocycles. The van der Waals surface area contributed by atoms with Crippen LogP contribution in [0.2, 0.25) is 0 Å². The van der Waals surface area contributed by atoms with Crippen LogP contribution in [0, 0.1) is 5.82 Å². The van der Waals surface area contributed by atoms with Crippen LogP contribution in [-0.2, 0) is 11.3 Å². The Hall–Kier alpha value is -2.25. The number of carbonyl (C=O) groups is 2. The van der Waals surface area contributed by atoms with Crippen LogP contribution in [-0.4, -0.2) is 54.3 Å². The molecule has 26 heavy (non-hydrogen) atoms. The van der Waals surface area contributed by atoms with Gasteiger partial charge in [-0.25, -0.2) is 4.39 Å². The quantitative estimate of drug-likeness (QED) is 0.873. The molecule has 0 unspecified atom stereocenters. The summed E-state index contributed by atoms with van der Waals surface area (Å²) in [4.78, 5) is 29.0. The Labute approximate surface area is 156 Å². The van der Waals surface area contributed by atoms with Crippen molar-refractivity contribution in [3.05, 3.63) is 58.0 Å². The Bertz CT molecular complexity index is 734. The smallest absolute Gasteiger partial charge is 0.261 e. The van der Waals surface area contributed by atoms with E-state index in [0.717, 1.165) is 31.6 Å². The van der Waals surface area contributed by atoms with Crippen molar-refractivity contribution in [3.63, 3.8) is 0 Å². The molecule has 0 spiro atoms. The Balaban J connectivity index is 1.46. The van der Waals surface area contributed by atoms with E-state index in [-0.39, 0.29) is 24.2 Å². The lowest BCUT2D eigenvalue weighted by molar-refractivity contribution is -0.130. The lowest BCUT2D eigenvalue weighted by Gasteiger charge is -2.22. The molecule has 3 rings (SSSR count). The van der Waals surface area contributed by atoms with Gasteiger partial charge in [0.2, 0.25) is 5.91 Å². The summed E-state index contributed by atoms with van der Waals surface area (Å²) in [5, 5.41) is 4.52. The van der Waals surface area contributed by atoms with Crippen LogP contribution < -0.4 is 5.32 Å². The van der Waals surface area contributed by atoms with Gasteiger partial charge in [0.1, 0.15) is 5.82 Å². The van der Waals surface area contributed by atoms with E-state index in [1.54, 1.807) is 23.1 Å². The van der Waals surface area contributed by atoms with Crippen LogP contribution >= 0.6 is 11.3 Å². The number of nitrogens with zero attached hydrogens (tertiary/aromatic N) is 2. The third-order valence-electron chi connectivity index (χ3n) is 4.41. The van der Waals surface area contributed by atoms with Crippen molar-refractivity contribution in [2.45, 2.75) is 13.0 Å². The third kappa shape index (κ3) is 5.12. The summed E-state index contributed by atoms with van der Waals surface area (Å²) in [7, 11) is 0. The highest BCUT2D eigenvalue weighted by molar-refractivity contribution is 7.12. The molecular formula is C19H22FN3O2S. The normalized spacial score (nSPS) is 15.5. The molecule has 5 nitrogen and oxygen atoms in total. The summed E-state index contributed by atoms with van der Waals surface area (Å²) in [6.45, 7) is 3.75. The second-order valence-electron chi connectivity index (χ2n) is 6.30. The third-order valence-corrected chi connectivity index (χ3v) is 5.27. The van der Waals surface area contributed by atoms with Gasteiger partial charge >= 0.3 is 0 Å². The fraction of sp³-hybridized carbons (Fsp3) is 0.368. The number of nitrogens with one attached hydrogen (secondary N) is 1. The van der Waals surface area contributed by atoms with Gasteiger partial charge in [0.05, 0.1) is 11.4 Å². The zero-order valence-electron chi connectivity index (χ0n) is 14.5. The number of thiophene rings is 1. The topological polar surface area (TPSA) is 52.7 Å². The summed E-state index contributed by atoms with van der Waals surface area (Å²) in [5.74, 6) is -0.495. The summed E-state index contributed by atoms with van der Waals surface area (Å²) in [6.07, 6.45) is 0.881. The van der Waals surface area contributed by atoms with Gasteiger partial charge in [0.15, 0.2) is 0 Å². The Morgan fingerprint density at radius 3 is 2.62 bits per heavy atom. The number of halogens is 1. The fourth-order valence-electron chi connectivity index (χ4n) is 2.99. The highest BCUT2D eigenvalue weighted by atomic mass is 32.1. The Morgan fingerprint density at radius 2 is 1.88 bits per heavy atom. The predicted molar refractivity (Wildman–Crippen MR) is 99.5 cm³/mol. The lowest BCUT2D eigenvalue weighted by Crippen LogP contribution is -2.41. The van der Waals surface area contributed by atoms with Crippen LogP contribution in [0.15, 0.2) is 41.8 Å². The summed E-state index contributed by atoms with van der Waals surface area (Å²) in [5.41, 5.74) is 1.06. The van der Waals surface area contributed by atoms with Gasteiger partial charge in [-0.2, -0.15) is 0 Å². The van der Waals surface area contributed by atoms with Gasteiger partial charge in [0, 0.05) is 32.7 Å². The second kappa shape index (κ2) is 8.91. The fourth-order valence-corrected chi connectivity index (χ4v) is 3.63. The molecule has 2 heterocycles. The molecule has 138 valence electrons. The molecule has 1 N–H and O–H groups in total. The van der Waals surface area contributed by atoms with Crippen LogP contribution in [0.4, 0.5) is 4.39 Å². The van der Waals surface area contributed by atoms with Crippen molar-refractivity contribution >= 4 is 23.2 Å². The minimum Gasteiger partial charge on any atom is -0.342 e. The summed E-state index contributed by atoms with van der Waals surface area (Å²) < 4.78 is 13.0. The maximum atomic E-state index is 13.0. The first kappa shape index (κ1) is 18.5. The minimum atomic E-state index is -0.231. The first-order valence-electron chi connectivity index (χ1n) is 8.68. The van der Waals surface area contributed by atoms with Gasteiger partial charge in [0.25, 0.3) is 5.91 Å². The van der Waals surface area contributed by atoms with Crippen LogP contribution in [0.25, 0.3) is 0 Å². The minimum absolute atomic E-state index is 0.0225. The predicted octanol–water partition coefficient (Wildman–Crippen LogP) is 2.35. The van der Waals surface area contributed by atoms with E-state index in [2.05, 4.69) is 10.2 Å². The molecule has 0 saturated carbocycles. The van der Waals surface area contributed by atoms with Gasteiger partial charge in [-0.15, -0.1) is 11.3 Å². The van der Waals surface area contributed by atoms with Crippen molar-refractivity contribution in [2.75, 3.05) is 32.7 Å². The number of benzene rings is 1. The molecule has 0 aliphatic carbocycles. The molecule has 1 aromatic heterocycles. The molecule has 0 atom stereocenters. The van der Waals surface area contributed by atoms with Gasteiger partial charge in [-0.05, 0) is 35.6 Å². The Kier molecular flexibility index (Phi) is 6.35. The van der Waals surface area contributed by atoms with E-state index >= 15 is 0 Å². The summed E-state index contributed by atoms with van der Waals surface area (Å²) >= 11 is 1.36.